The first-order valence-corrected chi connectivity index (χ1v) is 5.20. The van der Waals surface area contributed by atoms with Crippen LogP contribution in [0.25, 0.3) is 0 Å². The molecule has 1 fully saturated rings. The molecule has 1 aromatic rings. The molecule has 0 aromatic heterocycles. The molecule has 2 amide bonds. The van der Waals surface area contributed by atoms with Crippen molar-refractivity contribution in [2.24, 2.45) is 5.92 Å². The van der Waals surface area contributed by atoms with Gasteiger partial charge in [-0.3, -0.25) is 14.5 Å². The maximum absolute atomic E-state index is 11.6. The number of benzene rings is 1. The number of likely N-dealkylation sites (tertiary alicyclic amines) is 1. The van der Waals surface area contributed by atoms with E-state index in [4.69, 9.17) is 5.11 Å². The maximum atomic E-state index is 11.6. The minimum atomic E-state index is -0.204. The topological polar surface area (TPSA) is 57.6 Å². The van der Waals surface area contributed by atoms with E-state index in [0.717, 1.165) is 5.56 Å². The normalized spacial score (nSPS) is 20.6. The van der Waals surface area contributed by atoms with Gasteiger partial charge < -0.3 is 5.11 Å². The van der Waals surface area contributed by atoms with Gasteiger partial charge in [0.05, 0.1) is 6.54 Å². The second kappa shape index (κ2) is 3.96. The minimum absolute atomic E-state index is 0.113. The molecule has 1 N–H and O–H groups in total. The Kier molecular flexibility index (Phi) is 2.64. The third kappa shape index (κ3) is 1.91. The Balaban J connectivity index is 2.13. The maximum Gasteiger partial charge on any atom is 0.232 e. The van der Waals surface area contributed by atoms with E-state index in [1.165, 1.54) is 4.90 Å². The molecular formula is C12H13NO3. The molecule has 1 saturated heterocycles. The van der Waals surface area contributed by atoms with Crippen molar-refractivity contribution in [3.63, 3.8) is 0 Å². The Morgan fingerprint density at radius 1 is 1.31 bits per heavy atom. The fourth-order valence-electron chi connectivity index (χ4n) is 1.80. The molecular weight excluding hydrogens is 206 g/mol. The van der Waals surface area contributed by atoms with Crippen molar-refractivity contribution < 1.29 is 14.7 Å². The molecule has 0 radical (unpaired) electrons. The summed E-state index contributed by atoms with van der Waals surface area (Å²) in [4.78, 5) is 24.4. The number of hydrogen-bond donors (Lipinski definition) is 1. The minimum Gasteiger partial charge on any atom is -0.508 e. The van der Waals surface area contributed by atoms with E-state index >= 15 is 0 Å². The van der Waals surface area contributed by atoms with Crippen LogP contribution >= 0.6 is 0 Å². The van der Waals surface area contributed by atoms with E-state index in [9.17, 15) is 9.59 Å². The highest BCUT2D eigenvalue weighted by atomic mass is 16.3. The molecule has 0 aliphatic carbocycles. The molecule has 2 rings (SSSR count). The second-order valence-corrected chi connectivity index (χ2v) is 4.09. The van der Waals surface area contributed by atoms with Crippen LogP contribution in [0.4, 0.5) is 0 Å². The van der Waals surface area contributed by atoms with Gasteiger partial charge in [-0.1, -0.05) is 19.1 Å². The smallest absolute Gasteiger partial charge is 0.232 e. The zero-order chi connectivity index (χ0) is 11.7. The fourth-order valence-corrected chi connectivity index (χ4v) is 1.80. The Hall–Kier alpha value is -1.84. The van der Waals surface area contributed by atoms with Crippen molar-refractivity contribution >= 4 is 11.8 Å². The lowest BCUT2D eigenvalue weighted by Crippen LogP contribution is -2.29. The molecule has 1 aliphatic rings. The summed E-state index contributed by atoms with van der Waals surface area (Å²) in [6, 6.07) is 6.51. The molecule has 1 aliphatic heterocycles. The van der Waals surface area contributed by atoms with Crippen molar-refractivity contribution in [3.05, 3.63) is 29.8 Å². The molecule has 16 heavy (non-hydrogen) atoms. The fraction of sp³-hybridized carbons (Fsp3) is 0.333. The largest absolute Gasteiger partial charge is 0.508 e. The highest BCUT2D eigenvalue weighted by Crippen LogP contribution is 2.21. The number of amides is 2. The van der Waals surface area contributed by atoms with Crippen molar-refractivity contribution in [2.75, 3.05) is 0 Å². The average Bonchev–Trinajstić information content (AvgIpc) is 2.48. The number of aromatic hydroxyl groups is 1. The van der Waals surface area contributed by atoms with Gasteiger partial charge in [0, 0.05) is 12.3 Å². The van der Waals surface area contributed by atoms with E-state index in [0.29, 0.717) is 13.0 Å². The summed E-state index contributed by atoms with van der Waals surface area (Å²) in [5.41, 5.74) is 0.841. The molecule has 1 unspecified atom stereocenters. The van der Waals surface area contributed by atoms with Gasteiger partial charge in [-0.25, -0.2) is 0 Å². The molecule has 4 heteroatoms. The molecule has 4 nitrogen and oxygen atoms in total. The predicted octanol–water partition coefficient (Wildman–Crippen LogP) is 1.29. The summed E-state index contributed by atoms with van der Waals surface area (Å²) in [6.45, 7) is 2.05. The van der Waals surface area contributed by atoms with Gasteiger partial charge in [-0.05, 0) is 17.7 Å². The highest BCUT2D eigenvalue weighted by Gasteiger charge is 2.35. The monoisotopic (exact) mass is 219 g/mol. The van der Waals surface area contributed by atoms with Crippen molar-refractivity contribution in [3.8, 4) is 5.75 Å². The lowest BCUT2D eigenvalue weighted by Gasteiger charge is -2.14. The molecule has 84 valence electrons. The third-order valence-corrected chi connectivity index (χ3v) is 2.75. The van der Waals surface area contributed by atoms with Crippen LogP contribution in [0.5, 0.6) is 5.75 Å². The summed E-state index contributed by atoms with van der Waals surface area (Å²) < 4.78 is 0. The van der Waals surface area contributed by atoms with Crippen LogP contribution in [-0.2, 0) is 16.1 Å². The van der Waals surface area contributed by atoms with E-state index in [1.54, 1.807) is 31.2 Å². The van der Waals surface area contributed by atoms with Crippen molar-refractivity contribution in [2.45, 2.75) is 19.9 Å². The number of rotatable bonds is 2. The van der Waals surface area contributed by atoms with E-state index in [-0.39, 0.29) is 23.5 Å². The first-order valence-electron chi connectivity index (χ1n) is 5.20. The Morgan fingerprint density at radius 3 is 2.44 bits per heavy atom. The van der Waals surface area contributed by atoms with Gasteiger partial charge in [0.15, 0.2) is 0 Å². The molecule has 1 aromatic carbocycles. The van der Waals surface area contributed by atoms with Gasteiger partial charge in [0.2, 0.25) is 11.8 Å². The summed E-state index contributed by atoms with van der Waals surface area (Å²) in [5.74, 6) is -0.260. The number of nitrogens with zero attached hydrogens (tertiary/aromatic N) is 1. The molecule has 0 bridgehead atoms. The van der Waals surface area contributed by atoms with Crippen LogP contribution in [0.15, 0.2) is 24.3 Å². The number of imide groups is 1. The Labute approximate surface area is 93.5 Å². The van der Waals surface area contributed by atoms with E-state index < -0.39 is 0 Å². The van der Waals surface area contributed by atoms with Crippen LogP contribution < -0.4 is 0 Å². The predicted molar refractivity (Wildman–Crippen MR) is 57.4 cm³/mol. The first-order chi connectivity index (χ1) is 7.58. The van der Waals surface area contributed by atoms with Crippen LogP contribution in [0.2, 0.25) is 0 Å². The van der Waals surface area contributed by atoms with Gasteiger partial charge in [0.1, 0.15) is 5.75 Å². The van der Waals surface area contributed by atoms with Crippen LogP contribution in [0.1, 0.15) is 18.9 Å². The third-order valence-electron chi connectivity index (χ3n) is 2.75. The summed E-state index contributed by atoms with van der Waals surface area (Å²) in [5, 5.41) is 9.12. The summed E-state index contributed by atoms with van der Waals surface area (Å²) in [6.07, 6.45) is 0.302. The lowest BCUT2D eigenvalue weighted by atomic mass is 10.1. The number of phenols is 1. The molecule has 1 atom stereocenters. The Morgan fingerprint density at radius 2 is 1.94 bits per heavy atom. The zero-order valence-corrected chi connectivity index (χ0v) is 9.01. The SMILES string of the molecule is CC1CC(=O)N(Cc2ccc(O)cc2)C1=O. The quantitative estimate of drug-likeness (QED) is 0.762. The number of carbonyl (C=O) groups is 2. The lowest BCUT2D eigenvalue weighted by molar-refractivity contribution is -0.139. The van der Waals surface area contributed by atoms with Gasteiger partial charge >= 0.3 is 0 Å². The summed E-state index contributed by atoms with van der Waals surface area (Å²) >= 11 is 0. The van der Waals surface area contributed by atoms with Gasteiger partial charge in [0.25, 0.3) is 0 Å². The van der Waals surface area contributed by atoms with Crippen molar-refractivity contribution in [1.82, 2.24) is 4.90 Å². The Bertz CT molecular complexity index is 424. The number of phenolic OH excluding ortho intramolecular Hbond substituents is 1. The van der Waals surface area contributed by atoms with Gasteiger partial charge in [-0.2, -0.15) is 0 Å². The van der Waals surface area contributed by atoms with Crippen LogP contribution in [-0.4, -0.2) is 21.8 Å². The number of carbonyl (C=O) groups excluding carboxylic acids is 2. The standard InChI is InChI=1S/C12H13NO3/c1-8-6-11(15)13(12(8)16)7-9-2-4-10(14)5-3-9/h2-5,8,14H,6-7H2,1H3. The highest BCUT2D eigenvalue weighted by molar-refractivity contribution is 6.03. The summed E-state index contributed by atoms with van der Waals surface area (Å²) in [7, 11) is 0. The molecule has 0 spiro atoms. The van der Waals surface area contributed by atoms with Crippen LogP contribution in [0, 0.1) is 5.92 Å². The molecule has 0 saturated carbocycles. The molecule has 1 heterocycles. The second-order valence-electron chi connectivity index (χ2n) is 4.09. The average molecular weight is 219 g/mol. The van der Waals surface area contributed by atoms with Crippen LogP contribution in [0.3, 0.4) is 0 Å². The van der Waals surface area contributed by atoms with Crippen molar-refractivity contribution in [1.29, 1.82) is 0 Å². The number of hydrogen-bond acceptors (Lipinski definition) is 3. The van der Waals surface area contributed by atoms with Gasteiger partial charge in [-0.15, -0.1) is 0 Å². The zero-order valence-electron chi connectivity index (χ0n) is 9.01. The van der Waals surface area contributed by atoms with E-state index in [2.05, 4.69) is 0 Å². The first kappa shape index (κ1) is 10.7. The van der Waals surface area contributed by atoms with E-state index in [1.807, 2.05) is 0 Å².